The minimum Gasteiger partial charge on any atom is -0.369 e. The number of nitrogens with two attached hydrogens (primary N) is 1. The molecule has 1 aromatic rings. The quantitative estimate of drug-likeness (QED) is 0.538. The van der Waals surface area contributed by atoms with Gasteiger partial charge in [0, 0.05) is 12.1 Å². The molecule has 0 atom stereocenters. The Kier molecular flexibility index (Phi) is 3.70. The molecule has 1 rings (SSSR count). The van der Waals surface area contributed by atoms with Crippen LogP contribution in [0.2, 0.25) is 0 Å². The maximum Gasteiger partial charge on any atom is 0.148 e. The Morgan fingerprint density at radius 2 is 1.69 bits per heavy atom. The number of hydrogen-bond acceptors (Lipinski definition) is 5. The van der Waals surface area contributed by atoms with Crippen molar-refractivity contribution in [2.24, 2.45) is 11.3 Å². The Morgan fingerprint density at radius 3 is 2.19 bits per heavy atom. The van der Waals surface area contributed by atoms with E-state index in [9.17, 15) is 0 Å². The number of hydrazine groups is 1. The molecule has 0 bridgehead atoms. The zero-order chi connectivity index (χ0) is 12.3. The second-order valence-electron chi connectivity index (χ2n) is 5.15. The number of nitrogens with one attached hydrogen (secondary N) is 2. The maximum absolute atomic E-state index is 5.40. The van der Waals surface area contributed by atoms with Crippen LogP contribution in [0.1, 0.15) is 32.2 Å². The molecule has 1 aromatic heterocycles. The van der Waals surface area contributed by atoms with E-state index in [2.05, 4.69) is 41.5 Å². The van der Waals surface area contributed by atoms with Crippen molar-refractivity contribution in [1.29, 1.82) is 0 Å². The van der Waals surface area contributed by atoms with E-state index in [0.717, 1.165) is 17.9 Å². The molecule has 0 aliphatic rings. The molecule has 0 radical (unpaired) electrons. The summed E-state index contributed by atoms with van der Waals surface area (Å²) in [5.74, 6) is 7.62. The van der Waals surface area contributed by atoms with Gasteiger partial charge in [-0.3, -0.25) is 0 Å². The number of nitrogen functional groups attached to an aromatic ring is 1. The van der Waals surface area contributed by atoms with Crippen molar-refractivity contribution in [2.75, 3.05) is 17.3 Å². The molecular formula is C11H21N5. The third-order valence-electron chi connectivity index (χ3n) is 2.18. The van der Waals surface area contributed by atoms with Crippen molar-refractivity contribution >= 4 is 11.6 Å². The number of anilines is 2. The van der Waals surface area contributed by atoms with Gasteiger partial charge < -0.3 is 10.7 Å². The lowest BCUT2D eigenvalue weighted by atomic mass is 9.97. The molecule has 5 nitrogen and oxygen atoms in total. The highest BCUT2D eigenvalue weighted by molar-refractivity contribution is 5.56. The van der Waals surface area contributed by atoms with Crippen LogP contribution in [0, 0.1) is 19.3 Å². The van der Waals surface area contributed by atoms with Crippen LogP contribution in [0.3, 0.4) is 0 Å². The van der Waals surface area contributed by atoms with Crippen molar-refractivity contribution in [3.05, 3.63) is 11.4 Å². The highest BCUT2D eigenvalue weighted by Gasteiger charge is 2.13. The summed E-state index contributed by atoms with van der Waals surface area (Å²) < 4.78 is 0. The minimum atomic E-state index is 0.210. The van der Waals surface area contributed by atoms with Crippen molar-refractivity contribution < 1.29 is 0 Å². The van der Waals surface area contributed by atoms with E-state index < -0.39 is 0 Å². The molecule has 5 heteroatoms. The topological polar surface area (TPSA) is 75.9 Å². The molecule has 0 unspecified atom stereocenters. The van der Waals surface area contributed by atoms with Crippen molar-refractivity contribution in [2.45, 2.75) is 34.6 Å². The first-order valence-corrected chi connectivity index (χ1v) is 5.39. The molecule has 0 aliphatic heterocycles. The summed E-state index contributed by atoms with van der Waals surface area (Å²) in [4.78, 5) is 8.58. The van der Waals surface area contributed by atoms with Gasteiger partial charge in [-0.1, -0.05) is 20.8 Å². The van der Waals surface area contributed by atoms with Gasteiger partial charge in [0.2, 0.25) is 0 Å². The molecule has 0 aromatic carbocycles. The third kappa shape index (κ3) is 3.34. The lowest BCUT2D eigenvalue weighted by Gasteiger charge is -2.20. The molecule has 90 valence electrons. The van der Waals surface area contributed by atoms with E-state index in [4.69, 9.17) is 5.84 Å². The number of aryl methyl sites for hydroxylation is 1. The molecule has 0 amide bonds. The zero-order valence-electron chi connectivity index (χ0n) is 10.7. The Hall–Kier alpha value is -1.36. The number of rotatable bonds is 3. The fourth-order valence-corrected chi connectivity index (χ4v) is 1.29. The van der Waals surface area contributed by atoms with Gasteiger partial charge in [0.05, 0.1) is 0 Å². The van der Waals surface area contributed by atoms with Crippen molar-refractivity contribution in [3.63, 3.8) is 0 Å². The van der Waals surface area contributed by atoms with Gasteiger partial charge in [0.25, 0.3) is 0 Å². The highest BCUT2D eigenvalue weighted by Crippen LogP contribution is 2.21. The van der Waals surface area contributed by atoms with Gasteiger partial charge in [0.15, 0.2) is 0 Å². The summed E-state index contributed by atoms with van der Waals surface area (Å²) in [5.41, 5.74) is 3.73. The fraction of sp³-hybridized carbons (Fsp3) is 0.636. The van der Waals surface area contributed by atoms with E-state index in [1.807, 2.05) is 13.8 Å². The Morgan fingerprint density at radius 1 is 1.12 bits per heavy atom. The molecule has 16 heavy (non-hydrogen) atoms. The Balaban J connectivity index is 2.91. The van der Waals surface area contributed by atoms with Gasteiger partial charge in [-0.2, -0.15) is 0 Å². The number of aromatic nitrogens is 2. The summed E-state index contributed by atoms with van der Waals surface area (Å²) >= 11 is 0. The second kappa shape index (κ2) is 4.65. The SMILES string of the molecule is Cc1nc(NN)c(C)c(NCC(C)(C)C)n1. The molecule has 0 aliphatic carbocycles. The van der Waals surface area contributed by atoms with Gasteiger partial charge in [-0.15, -0.1) is 0 Å². The Labute approximate surface area is 96.8 Å². The summed E-state index contributed by atoms with van der Waals surface area (Å²) in [5, 5.41) is 3.32. The van der Waals surface area contributed by atoms with Gasteiger partial charge >= 0.3 is 0 Å². The van der Waals surface area contributed by atoms with Crippen LogP contribution in [0.4, 0.5) is 11.6 Å². The van der Waals surface area contributed by atoms with Gasteiger partial charge in [0.1, 0.15) is 17.5 Å². The summed E-state index contributed by atoms with van der Waals surface area (Å²) in [6.45, 7) is 11.2. The first kappa shape index (κ1) is 12.7. The van der Waals surface area contributed by atoms with Gasteiger partial charge in [-0.05, 0) is 19.3 Å². The Bertz CT molecular complexity index is 367. The largest absolute Gasteiger partial charge is 0.369 e. The van der Waals surface area contributed by atoms with E-state index in [1.165, 1.54) is 0 Å². The van der Waals surface area contributed by atoms with Crippen LogP contribution in [-0.4, -0.2) is 16.5 Å². The van der Waals surface area contributed by atoms with E-state index in [1.54, 1.807) is 0 Å². The monoisotopic (exact) mass is 223 g/mol. The number of nitrogens with zero attached hydrogens (tertiary/aromatic N) is 2. The molecule has 1 heterocycles. The highest BCUT2D eigenvalue weighted by atomic mass is 15.3. The molecule has 0 saturated carbocycles. The lowest BCUT2D eigenvalue weighted by Crippen LogP contribution is -2.21. The fourth-order valence-electron chi connectivity index (χ4n) is 1.29. The van der Waals surface area contributed by atoms with Crippen LogP contribution in [-0.2, 0) is 0 Å². The normalized spacial score (nSPS) is 11.4. The van der Waals surface area contributed by atoms with Crippen LogP contribution >= 0.6 is 0 Å². The second-order valence-corrected chi connectivity index (χ2v) is 5.15. The zero-order valence-corrected chi connectivity index (χ0v) is 10.7. The van der Waals surface area contributed by atoms with E-state index >= 15 is 0 Å². The predicted octanol–water partition coefficient (Wildman–Crippen LogP) is 1.84. The lowest BCUT2D eigenvalue weighted by molar-refractivity contribution is 0.442. The summed E-state index contributed by atoms with van der Waals surface area (Å²) in [6.07, 6.45) is 0. The first-order valence-electron chi connectivity index (χ1n) is 5.39. The molecular weight excluding hydrogens is 202 g/mol. The average molecular weight is 223 g/mol. The standard InChI is InChI=1S/C11H21N5/c1-7-9(13-6-11(3,4)5)14-8(2)15-10(7)16-12/h6,12H2,1-5H3,(H2,13,14,15,16). The number of hydrogen-bond donors (Lipinski definition) is 3. The smallest absolute Gasteiger partial charge is 0.148 e. The summed E-state index contributed by atoms with van der Waals surface area (Å²) in [7, 11) is 0. The minimum absolute atomic E-state index is 0.210. The van der Waals surface area contributed by atoms with E-state index in [0.29, 0.717) is 11.6 Å². The van der Waals surface area contributed by atoms with Crippen LogP contribution in [0.5, 0.6) is 0 Å². The predicted molar refractivity (Wildman–Crippen MR) is 67.3 cm³/mol. The summed E-state index contributed by atoms with van der Waals surface area (Å²) in [6, 6.07) is 0. The maximum atomic E-state index is 5.40. The van der Waals surface area contributed by atoms with Crippen LogP contribution in [0.15, 0.2) is 0 Å². The van der Waals surface area contributed by atoms with Crippen LogP contribution < -0.4 is 16.6 Å². The molecule has 4 N–H and O–H groups in total. The van der Waals surface area contributed by atoms with Gasteiger partial charge in [-0.25, -0.2) is 15.8 Å². The van der Waals surface area contributed by atoms with Crippen molar-refractivity contribution in [3.8, 4) is 0 Å². The molecule has 0 fully saturated rings. The third-order valence-corrected chi connectivity index (χ3v) is 2.18. The van der Waals surface area contributed by atoms with Crippen LogP contribution in [0.25, 0.3) is 0 Å². The first-order chi connectivity index (χ1) is 7.33. The molecule has 0 spiro atoms. The molecule has 0 saturated heterocycles. The average Bonchev–Trinajstić information content (AvgIpc) is 2.17. The van der Waals surface area contributed by atoms with E-state index in [-0.39, 0.29) is 5.41 Å². The van der Waals surface area contributed by atoms with Crippen molar-refractivity contribution in [1.82, 2.24) is 9.97 Å².